The van der Waals surface area contributed by atoms with E-state index in [1.54, 1.807) is 0 Å². The highest BCUT2D eigenvalue weighted by molar-refractivity contribution is 7.92. The molecule has 3 amide bonds. The lowest BCUT2D eigenvalue weighted by Gasteiger charge is -2.28. The second-order valence-corrected chi connectivity index (χ2v) is 6.10. The van der Waals surface area contributed by atoms with Gasteiger partial charge in [0.25, 0.3) is 10.0 Å². The number of nitrogens with one attached hydrogen (secondary N) is 1. The first-order chi connectivity index (χ1) is 10.5. The largest absolute Gasteiger partial charge is 0.522 e. The van der Waals surface area contributed by atoms with Crippen LogP contribution in [-0.4, -0.2) is 44.2 Å². The maximum absolute atomic E-state index is 12.0. The van der Waals surface area contributed by atoms with Crippen molar-refractivity contribution in [3.8, 4) is 0 Å². The number of nitrogens with zero attached hydrogens (tertiary/aromatic N) is 1. The van der Waals surface area contributed by atoms with Crippen molar-refractivity contribution in [1.29, 1.82) is 0 Å². The summed E-state index contributed by atoms with van der Waals surface area (Å²) in [5, 5.41) is 2.69. The third-order valence-corrected chi connectivity index (χ3v) is 4.26. The van der Waals surface area contributed by atoms with E-state index in [0.29, 0.717) is 5.41 Å². The van der Waals surface area contributed by atoms with Crippen molar-refractivity contribution < 1.29 is 35.9 Å². The summed E-state index contributed by atoms with van der Waals surface area (Å²) in [5.74, 6) is -2.01. The number of urea groups is 1. The Morgan fingerprint density at radius 3 is 2.57 bits per heavy atom. The summed E-state index contributed by atoms with van der Waals surface area (Å²) in [5.41, 5.74) is 4.85. The highest BCUT2D eigenvalue weighted by Gasteiger charge is 2.36. The van der Waals surface area contributed by atoms with Crippen molar-refractivity contribution in [3.05, 3.63) is 23.8 Å². The summed E-state index contributed by atoms with van der Waals surface area (Å²) in [7, 11) is -4.37. The number of hydrogen-bond donors (Lipinski definition) is 2. The molecular weight excluding hydrogens is 343 g/mol. The molecule has 3 N–H and O–H groups in total. The van der Waals surface area contributed by atoms with E-state index in [0.717, 1.165) is 0 Å². The van der Waals surface area contributed by atoms with Crippen LogP contribution in [-0.2, 0) is 19.6 Å². The molecule has 0 aromatic rings. The van der Waals surface area contributed by atoms with Crippen molar-refractivity contribution in [2.75, 3.05) is 13.2 Å². The third kappa shape index (κ3) is 5.25. The lowest BCUT2D eigenvalue weighted by molar-refractivity contribution is -0.324. The Morgan fingerprint density at radius 1 is 1.52 bits per heavy atom. The number of sulfonamides is 1. The number of carbonyl (C=O) groups excluding carboxylic acids is 2. The van der Waals surface area contributed by atoms with Gasteiger partial charge in [0.2, 0.25) is 5.91 Å². The molecule has 0 aliphatic carbocycles. The van der Waals surface area contributed by atoms with Gasteiger partial charge in [0.05, 0.1) is 24.5 Å². The van der Waals surface area contributed by atoms with Gasteiger partial charge in [-0.15, -0.1) is 19.8 Å². The lowest BCUT2D eigenvalue weighted by atomic mass is 10.0. The third-order valence-electron chi connectivity index (χ3n) is 2.74. The van der Waals surface area contributed by atoms with Crippen LogP contribution in [0.1, 0.15) is 6.42 Å². The van der Waals surface area contributed by atoms with Gasteiger partial charge in [0.15, 0.2) is 0 Å². The Labute approximate surface area is 129 Å². The molecule has 8 nitrogen and oxygen atoms in total. The predicted molar refractivity (Wildman–Crippen MR) is 71.7 cm³/mol. The molecule has 1 atom stereocenters. The van der Waals surface area contributed by atoms with E-state index < -0.39 is 47.4 Å². The van der Waals surface area contributed by atoms with Gasteiger partial charge in [-0.1, -0.05) is 6.08 Å². The zero-order valence-corrected chi connectivity index (χ0v) is 12.5. The van der Waals surface area contributed by atoms with Crippen molar-refractivity contribution >= 4 is 22.0 Å². The summed E-state index contributed by atoms with van der Waals surface area (Å²) in [6.45, 7) is 1.47. The number of rotatable bonds is 7. The number of primary amides is 1. The number of nitrogens with two attached hydrogens (primary N) is 1. The van der Waals surface area contributed by atoms with Crippen LogP contribution in [0.15, 0.2) is 23.8 Å². The number of amides is 3. The second kappa shape index (κ2) is 7.00. The Morgan fingerprint density at radius 2 is 2.13 bits per heavy atom. The topological polar surface area (TPSA) is 119 Å². The fourth-order valence-corrected chi connectivity index (χ4v) is 3.04. The van der Waals surface area contributed by atoms with E-state index in [1.807, 2.05) is 0 Å². The van der Waals surface area contributed by atoms with Crippen molar-refractivity contribution in [3.63, 3.8) is 0 Å². The smallest absolute Gasteiger partial charge is 0.369 e. The van der Waals surface area contributed by atoms with Gasteiger partial charge in [0, 0.05) is 5.70 Å². The van der Waals surface area contributed by atoms with E-state index in [9.17, 15) is 31.2 Å². The molecule has 0 saturated heterocycles. The molecule has 12 heteroatoms. The maximum Gasteiger partial charge on any atom is 0.522 e. The van der Waals surface area contributed by atoms with Crippen LogP contribution >= 0.6 is 0 Å². The molecule has 130 valence electrons. The number of hydrogen-bond acceptors (Lipinski definition) is 5. The van der Waals surface area contributed by atoms with Crippen molar-refractivity contribution in [1.82, 2.24) is 9.62 Å². The monoisotopic (exact) mass is 357 g/mol. The lowest BCUT2D eigenvalue weighted by Crippen LogP contribution is -2.50. The average Bonchev–Trinajstić information content (AvgIpc) is 2.36. The fraction of sp³-hybridized carbons (Fsp3) is 0.455. The number of allylic oxidation sites excluding steroid dienone is 1. The van der Waals surface area contributed by atoms with Crippen LogP contribution in [0.4, 0.5) is 18.0 Å². The van der Waals surface area contributed by atoms with Crippen LogP contribution in [0, 0.1) is 5.92 Å². The van der Waals surface area contributed by atoms with Crippen LogP contribution in [0.2, 0.25) is 0 Å². The van der Waals surface area contributed by atoms with E-state index in [1.165, 1.54) is 6.08 Å². The molecule has 1 aliphatic heterocycles. The molecule has 0 aromatic carbocycles. The maximum atomic E-state index is 12.0. The van der Waals surface area contributed by atoms with E-state index >= 15 is 0 Å². The number of halogens is 3. The molecule has 0 aromatic heterocycles. The SMILES string of the molecule is C=CCC(C(N)=O)C1=CS(=O)(=O)N(CCOC(F)(F)F)C(=O)N1. The minimum absolute atomic E-state index is 0.0197. The standard InChI is InChI=1S/C11H14F3N3O5S/c1-2-3-7(9(15)18)8-6-23(20,21)17(10(19)16-8)4-5-22-11(12,13)14/h2,6-7H,1,3-5H2,(H2,15,18)(H,16,19). The Bertz CT molecular complexity index is 629. The fourth-order valence-electron chi connectivity index (χ4n) is 1.76. The Balaban J connectivity index is 2.95. The highest BCUT2D eigenvalue weighted by atomic mass is 32.2. The molecule has 0 radical (unpaired) electrons. The number of alkyl halides is 3. The normalized spacial score (nSPS) is 18.8. The van der Waals surface area contributed by atoms with Gasteiger partial charge >= 0.3 is 12.4 Å². The molecule has 0 fully saturated rings. The van der Waals surface area contributed by atoms with Crippen molar-refractivity contribution in [2.45, 2.75) is 12.8 Å². The van der Waals surface area contributed by atoms with Crippen LogP contribution < -0.4 is 11.1 Å². The van der Waals surface area contributed by atoms with Gasteiger partial charge in [-0.05, 0) is 6.42 Å². The molecule has 0 bridgehead atoms. The van der Waals surface area contributed by atoms with Crippen molar-refractivity contribution in [2.24, 2.45) is 11.7 Å². The van der Waals surface area contributed by atoms with E-state index in [2.05, 4.69) is 16.6 Å². The van der Waals surface area contributed by atoms with Gasteiger partial charge in [-0.2, -0.15) is 0 Å². The summed E-state index contributed by atoms with van der Waals surface area (Å²) in [6.07, 6.45) is -3.66. The molecule has 0 saturated carbocycles. The van der Waals surface area contributed by atoms with E-state index in [4.69, 9.17) is 5.73 Å². The number of carbonyl (C=O) groups is 2. The van der Waals surface area contributed by atoms with Crippen LogP contribution in [0.25, 0.3) is 0 Å². The molecule has 1 rings (SSSR count). The molecule has 1 unspecified atom stereocenters. The first kappa shape index (κ1) is 19.0. The highest BCUT2D eigenvalue weighted by Crippen LogP contribution is 2.22. The summed E-state index contributed by atoms with van der Waals surface area (Å²) in [4.78, 5) is 23.1. The zero-order valence-electron chi connectivity index (χ0n) is 11.7. The van der Waals surface area contributed by atoms with Gasteiger partial charge < -0.3 is 11.1 Å². The summed E-state index contributed by atoms with van der Waals surface area (Å²) < 4.78 is 63.2. The van der Waals surface area contributed by atoms with Crippen LogP contribution in [0.5, 0.6) is 0 Å². The van der Waals surface area contributed by atoms with E-state index in [-0.39, 0.29) is 16.4 Å². The van der Waals surface area contributed by atoms with Gasteiger partial charge in [-0.3, -0.25) is 9.53 Å². The molecule has 0 spiro atoms. The molecular formula is C11H14F3N3O5S. The summed E-state index contributed by atoms with van der Waals surface area (Å²) in [6, 6.07) is -1.21. The minimum Gasteiger partial charge on any atom is -0.369 e. The predicted octanol–water partition coefficient (Wildman–Crippen LogP) is 0.397. The first-order valence-corrected chi connectivity index (χ1v) is 7.64. The Kier molecular flexibility index (Phi) is 5.77. The summed E-state index contributed by atoms with van der Waals surface area (Å²) >= 11 is 0. The number of ether oxygens (including phenoxy) is 1. The zero-order chi connectivity index (χ0) is 17.8. The van der Waals surface area contributed by atoms with Crippen LogP contribution in [0.3, 0.4) is 0 Å². The minimum atomic E-state index is -4.95. The quantitative estimate of drug-likeness (QED) is 0.639. The second-order valence-electron chi connectivity index (χ2n) is 4.39. The molecule has 23 heavy (non-hydrogen) atoms. The van der Waals surface area contributed by atoms with Gasteiger partial charge in [-0.25, -0.2) is 17.5 Å². The average molecular weight is 357 g/mol. The molecule has 1 heterocycles. The van der Waals surface area contributed by atoms with Gasteiger partial charge in [0.1, 0.15) is 0 Å². The molecule has 1 aliphatic rings. The Hall–Kier alpha value is -2.08. The first-order valence-electron chi connectivity index (χ1n) is 6.14.